The summed E-state index contributed by atoms with van der Waals surface area (Å²) in [6.07, 6.45) is 7.28. The molecule has 8 aromatic carbocycles. The van der Waals surface area contributed by atoms with E-state index in [0.717, 1.165) is 107 Å². The van der Waals surface area contributed by atoms with Gasteiger partial charge in [0.1, 0.15) is 17.5 Å². The van der Waals surface area contributed by atoms with Crippen molar-refractivity contribution >= 4 is 0 Å². The van der Waals surface area contributed by atoms with Crippen LogP contribution in [0.2, 0.25) is 0 Å². The third kappa shape index (κ3) is 19.3. The first-order valence-electron chi connectivity index (χ1n) is 25.8. The normalized spacial score (nSPS) is 10.0. The number of halogens is 5. The van der Waals surface area contributed by atoms with Crippen molar-refractivity contribution in [1.29, 1.82) is 0 Å². The molecule has 12 rings (SSSR count). The molecular formula is C72H51F5Ir4N4-4. The number of hydrogen-bond donors (Lipinski definition) is 0. The van der Waals surface area contributed by atoms with Gasteiger partial charge in [-0.1, -0.05) is 103 Å². The maximum Gasteiger partial charge on any atom is 0.159 e. The van der Waals surface area contributed by atoms with Crippen LogP contribution in [0.25, 0.3) is 89.5 Å². The summed E-state index contributed by atoms with van der Waals surface area (Å²) < 4.78 is 66.4. The summed E-state index contributed by atoms with van der Waals surface area (Å²) in [7, 11) is 0. The van der Waals surface area contributed by atoms with Crippen LogP contribution >= 0.6 is 0 Å². The number of hydrogen-bond acceptors (Lipinski definition) is 4. The molecule has 0 atom stereocenters. The topological polar surface area (TPSA) is 51.6 Å². The van der Waals surface area contributed by atoms with Gasteiger partial charge in [0.25, 0.3) is 0 Å². The Hall–Kier alpha value is -7.39. The summed E-state index contributed by atoms with van der Waals surface area (Å²) >= 11 is 0. The van der Waals surface area contributed by atoms with Gasteiger partial charge in [0.2, 0.25) is 0 Å². The Morgan fingerprint density at radius 1 is 0.271 bits per heavy atom. The minimum atomic E-state index is -0.852. The zero-order chi connectivity index (χ0) is 56.7. The predicted octanol–water partition coefficient (Wildman–Crippen LogP) is 18.8. The van der Waals surface area contributed by atoms with Crippen molar-refractivity contribution in [3.05, 3.63) is 313 Å². The van der Waals surface area contributed by atoms with Crippen LogP contribution in [-0.2, 0) is 80.4 Å². The molecule has 0 N–H and O–H groups in total. The second-order valence-corrected chi connectivity index (χ2v) is 19.0. The summed E-state index contributed by atoms with van der Waals surface area (Å²) in [5.74, 6) is -2.37. The van der Waals surface area contributed by atoms with Crippen LogP contribution in [0.15, 0.2) is 237 Å². The Labute approximate surface area is 547 Å². The molecule has 12 aromatic rings. The Balaban J connectivity index is 0.000000204. The molecule has 0 amide bonds. The van der Waals surface area contributed by atoms with Gasteiger partial charge in [0, 0.05) is 105 Å². The summed E-state index contributed by atoms with van der Waals surface area (Å²) in [6, 6.07) is 74.8. The van der Waals surface area contributed by atoms with Gasteiger partial charge in [-0.15, -0.1) is 136 Å². The average Bonchev–Trinajstić information content (AvgIpc) is 3.67. The molecule has 0 saturated carbocycles. The van der Waals surface area contributed by atoms with Gasteiger partial charge in [-0.05, 0) is 137 Å². The number of aryl methyl sites for hydroxylation is 4. The van der Waals surface area contributed by atoms with Crippen LogP contribution in [0.5, 0.6) is 0 Å². The third-order valence-electron chi connectivity index (χ3n) is 12.7. The molecule has 4 heterocycles. The molecule has 0 saturated heterocycles. The number of aromatic nitrogens is 4. The van der Waals surface area contributed by atoms with Gasteiger partial charge in [-0.3, -0.25) is 0 Å². The van der Waals surface area contributed by atoms with Gasteiger partial charge in [0.05, 0.1) is 0 Å². The molecular weight excluding hydrogens is 1780 g/mol. The van der Waals surface area contributed by atoms with Gasteiger partial charge in [0.15, 0.2) is 11.6 Å². The van der Waals surface area contributed by atoms with Crippen LogP contribution in [0.3, 0.4) is 0 Å². The van der Waals surface area contributed by atoms with Crippen LogP contribution in [-0.4, -0.2) is 19.9 Å². The van der Waals surface area contributed by atoms with Crippen molar-refractivity contribution in [2.75, 3.05) is 0 Å². The maximum atomic E-state index is 13.8. The number of nitrogens with zero attached hydrogens (tertiary/aromatic N) is 4. The van der Waals surface area contributed by atoms with E-state index < -0.39 is 11.6 Å². The molecule has 0 bridgehead atoms. The molecule has 0 aliphatic heterocycles. The zero-order valence-corrected chi connectivity index (χ0v) is 55.6. The van der Waals surface area contributed by atoms with Crippen LogP contribution < -0.4 is 0 Å². The molecule has 4 aromatic heterocycles. The second-order valence-electron chi connectivity index (χ2n) is 19.0. The average molecular weight is 1840 g/mol. The minimum Gasteiger partial charge on any atom is -0.304 e. The summed E-state index contributed by atoms with van der Waals surface area (Å²) in [6.45, 7) is 7.98. The largest absolute Gasteiger partial charge is 0.304 e. The maximum absolute atomic E-state index is 13.8. The summed E-state index contributed by atoms with van der Waals surface area (Å²) in [4.78, 5) is 17.5. The van der Waals surface area contributed by atoms with Gasteiger partial charge in [-0.2, -0.15) is 0 Å². The van der Waals surface area contributed by atoms with Crippen LogP contribution in [0, 0.1) is 81.0 Å². The molecule has 0 spiro atoms. The Kier molecular flexibility index (Phi) is 26.8. The molecule has 4 nitrogen and oxygen atoms in total. The van der Waals surface area contributed by atoms with Crippen molar-refractivity contribution in [1.82, 2.24) is 19.9 Å². The van der Waals surface area contributed by atoms with E-state index in [-0.39, 0.29) is 97.9 Å². The van der Waals surface area contributed by atoms with Crippen molar-refractivity contribution < 1.29 is 102 Å². The first-order valence-corrected chi connectivity index (χ1v) is 25.8. The van der Waals surface area contributed by atoms with Crippen molar-refractivity contribution in [2.45, 2.75) is 27.7 Å². The van der Waals surface area contributed by atoms with E-state index in [1.165, 1.54) is 36.4 Å². The summed E-state index contributed by atoms with van der Waals surface area (Å²) in [5.41, 5.74) is 18.0. The summed E-state index contributed by atoms with van der Waals surface area (Å²) in [5, 5.41) is 0. The molecule has 0 unspecified atom stereocenters. The van der Waals surface area contributed by atoms with Crippen LogP contribution in [0.4, 0.5) is 22.0 Å². The quantitative estimate of drug-likeness (QED) is 0.112. The zero-order valence-electron chi connectivity index (χ0n) is 46.0. The molecule has 434 valence electrons. The SMILES string of the molecule is Cc1ccc(-c2[c-]ccc(-c3ccc(F)c(F)c3)c2)nc1.Cc1ccc(-c2[c-]ccc(-c3ccc(F)cc3)c2)nc1.Cc1ccc(-c2[c-]ccc(-c3cccc(F)c3)c2)nc1.Cc1ccc(-c2[c-]ccc(-c3ccccc3F)c2)nc1.[Ir].[Ir].[Ir].[Ir]. The number of pyridine rings is 4. The van der Waals surface area contributed by atoms with E-state index in [1.807, 2.05) is 168 Å². The van der Waals surface area contributed by atoms with Crippen molar-refractivity contribution in [3.8, 4) is 89.5 Å². The van der Waals surface area contributed by atoms with E-state index in [1.54, 1.807) is 54.7 Å². The third-order valence-corrected chi connectivity index (χ3v) is 12.7. The molecule has 13 heteroatoms. The van der Waals surface area contributed by atoms with E-state index in [2.05, 4.69) is 44.2 Å². The molecule has 0 aliphatic rings. The van der Waals surface area contributed by atoms with E-state index in [0.29, 0.717) is 11.1 Å². The Morgan fingerprint density at radius 2 is 0.635 bits per heavy atom. The van der Waals surface area contributed by atoms with Crippen molar-refractivity contribution in [3.63, 3.8) is 0 Å². The Morgan fingerprint density at radius 3 is 1.02 bits per heavy atom. The monoisotopic (exact) mass is 1840 g/mol. The fraction of sp³-hybridized carbons (Fsp3) is 0.0556. The van der Waals surface area contributed by atoms with E-state index in [9.17, 15) is 22.0 Å². The fourth-order valence-corrected chi connectivity index (χ4v) is 8.35. The molecule has 4 radical (unpaired) electrons. The first kappa shape index (κ1) is 68.4. The van der Waals surface area contributed by atoms with E-state index in [4.69, 9.17) is 0 Å². The standard InChI is InChI=1S/C18H12F2N.3C18H13FN.4Ir/c1-12-5-8-18(21-11-12)15-4-2-3-13(9-15)14-6-7-16(19)17(20)10-14;1-13-8-9-18(20-12-13)16-6-2-4-14(10-16)15-5-3-7-17(19)11-15;1-13-9-10-18(20-12-13)15-6-4-5-14(11-15)16-7-2-3-8-17(16)19;1-13-5-10-18(20-12-13)16-4-2-3-15(11-16)14-6-8-17(19)9-7-14;;;;/h2-3,5-11H,1H3;2*2-5,7-12H,1H3;2-3,5-12H,1H3;;;;/q4*-1;;;;. The fourth-order valence-electron chi connectivity index (χ4n) is 8.35. The Bertz CT molecular complexity index is 3980. The second kappa shape index (κ2) is 33.3. The van der Waals surface area contributed by atoms with Gasteiger partial charge < -0.3 is 19.9 Å². The number of rotatable bonds is 8. The van der Waals surface area contributed by atoms with Gasteiger partial charge >= 0.3 is 0 Å². The van der Waals surface area contributed by atoms with Gasteiger partial charge in [-0.25, -0.2) is 22.0 Å². The van der Waals surface area contributed by atoms with E-state index >= 15 is 0 Å². The minimum absolute atomic E-state index is 0. The van der Waals surface area contributed by atoms with Crippen LogP contribution in [0.1, 0.15) is 22.3 Å². The smallest absolute Gasteiger partial charge is 0.159 e. The predicted molar refractivity (Wildman–Crippen MR) is 315 cm³/mol. The number of benzene rings is 8. The molecule has 0 fully saturated rings. The molecule has 85 heavy (non-hydrogen) atoms. The first-order chi connectivity index (χ1) is 39.3. The molecule has 0 aliphatic carbocycles. The van der Waals surface area contributed by atoms with Crippen molar-refractivity contribution in [2.24, 2.45) is 0 Å².